The maximum atomic E-state index is 12.4. The number of nitrogens with zero attached hydrogens (tertiary/aromatic N) is 4. The van der Waals surface area contributed by atoms with E-state index in [0.29, 0.717) is 19.8 Å². The Labute approximate surface area is 119 Å². The Bertz CT molecular complexity index is 451. The van der Waals surface area contributed by atoms with Gasteiger partial charge >= 0.3 is 0 Å². The molecular formula is C13H23N5O2. The molecule has 0 radical (unpaired) electrons. The third-order valence-corrected chi connectivity index (χ3v) is 3.76. The fourth-order valence-corrected chi connectivity index (χ4v) is 2.33. The normalized spacial score (nSPS) is 17.1. The monoisotopic (exact) mass is 281 g/mol. The molecule has 112 valence electrons. The van der Waals surface area contributed by atoms with Gasteiger partial charge in [0, 0.05) is 19.6 Å². The van der Waals surface area contributed by atoms with Crippen LogP contribution in [0.25, 0.3) is 0 Å². The Kier molecular flexibility index (Phi) is 4.72. The van der Waals surface area contributed by atoms with Crippen LogP contribution in [-0.4, -0.2) is 57.4 Å². The summed E-state index contributed by atoms with van der Waals surface area (Å²) in [5, 5.41) is 7.04. The first-order valence-corrected chi connectivity index (χ1v) is 7.03. The molecular weight excluding hydrogens is 258 g/mol. The lowest BCUT2D eigenvalue weighted by Crippen LogP contribution is -2.58. The Balaban J connectivity index is 1.93. The highest BCUT2D eigenvalue weighted by Crippen LogP contribution is 2.16. The molecule has 1 saturated heterocycles. The molecule has 0 aliphatic carbocycles. The first kappa shape index (κ1) is 14.9. The quantitative estimate of drug-likeness (QED) is 0.824. The molecule has 7 heteroatoms. The second kappa shape index (κ2) is 6.32. The summed E-state index contributed by atoms with van der Waals surface area (Å²) < 4.78 is 7.11. The predicted molar refractivity (Wildman–Crippen MR) is 74.0 cm³/mol. The topological polar surface area (TPSA) is 72.3 Å². The zero-order valence-corrected chi connectivity index (χ0v) is 12.4. The summed E-state index contributed by atoms with van der Waals surface area (Å²) in [4.78, 5) is 18.7. The van der Waals surface area contributed by atoms with E-state index in [1.807, 2.05) is 20.8 Å². The molecule has 2 heterocycles. The van der Waals surface area contributed by atoms with Crippen molar-refractivity contribution in [3.8, 4) is 0 Å². The number of ether oxygens (including phenoxy) is 1. The predicted octanol–water partition coefficient (Wildman–Crippen LogP) is 0.0250. The van der Waals surface area contributed by atoms with Gasteiger partial charge < -0.3 is 10.1 Å². The molecule has 2 rings (SSSR count). The van der Waals surface area contributed by atoms with Crippen molar-refractivity contribution in [1.29, 1.82) is 0 Å². The van der Waals surface area contributed by atoms with Gasteiger partial charge in [0.15, 0.2) is 0 Å². The number of nitrogens with one attached hydrogen (secondary N) is 1. The number of carbonyl (C=O) groups is 1. The first-order chi connectivity index (χ1) is 9.55. The van der Waals surface area contributed by atoms with Crippen molar-refractivity contribution in [3.63, 3.8) is 0 Å². The Hall–Kier alpha value is -1.47. The van der Waals surface area contributed by atoms with Gasteiger partial charge in [-0.05, 0) is 20.8 Å². The van der Waals surface area contributed by atoms with Crippen molar-refractivity contribution in [2.45, 2.75) is 39.4 Å². The van der Waals surface area contributed by atoms with Crippen molar-refractivity contribution in [3.05, 3.63) is 12.2 Å². The van der Waals surface area contributed by atoms with Crippen molar-refractivity contribution in [2.75, 3.05) is 26.3 Å². The summed E-state index contributed by atoms with van der Waals surface area (Å²) in [7, 11) is 0. The Morgan fingerprint density at radius 2 is 2.15 bits per heavy atom. The number of hydrogen-bond acceptors (Lipinski definition) is 5. The number of aromatic nitrogens is 3. The van der Waals surface area contributed by atoms with Crippen molar-refractivity contribution >= 4 is 5.91 Å². The van der Waals surface area contributed by atoms with Gasteiger partial charge in [0.05, 0.1) is 25.3 Å². The van der Waals surface area contributed by atoms with Crippen LogP contribution >= 0.6 is 0 Å². The number of morpholine rings is 1. The largest absolute Gasteiger partial charge is 0.379 e. The van der Waals surface area contributed by atoms with Gasteiger partial charge in [0.2, 0.25) is 5.91 Å². The van der Waals surface area contributed by atoms with Crippen LogP contribution in [-0.2, 0) is 22.6 Å². The number of amides is 1. The zero-order valence-electron chi connectivity index (χ0n) is 12.4. The van der Waals surface area contributed by atoms with E-state index in [1.165, 1.54) is 6.33 Å². The van der Waals surface area contributed by atoms with Crippen molar-refractivity contribution < 1.29 is 9.53 Å². The third-order valence-electron chi connectivity index (χ3n) is 3.76. The van der Waals surface area contributed by atoms with Crippen LogP contribution < -0.4 is 5.32 Å². The highest BCUT2D eigenvalue weighted by Gasteiger charge is 2.35. The molecule has 20 heavy (non-hydrogen) atoms. The summed E-state index contributed by atoms with van der Waals surface area (Å²) in [6, 6.07) is 0. The molecule has 0 unspecified atom stereocenters. The van der Waals surface area contributed by atoms with Crippen LogP contribution in [0.3, 0.4) is 0 Å². The molecule has 1 aliphatic rings. The highest BCUT2D eigenvalue weighted by molar-refractivity contribution is 5.85. The number of hydrogen-bond donors (Lipinski definition) is 1. The van der Waals surface area contributed by atoms with E-state index in [-0.39, 0.29) is 5.91 Å². The number of aryl methyl sites for hydroxylation is 1. The maximum Gasteiger partial charge on any atom is 0.240 e. The lowest BCUT2D eigenvalue weighted by Gasteiger charge is -2.39. The second-order valence-corrected chi connectivity index (χ2v) is 5.33. The van der Waals surface area contributed by atoms with Crippen LogP contribution in [0.1, 0.15) is 26.6 Å². The molecule has 7 nitrogen and oxygen atoms in total. The lowest BCUT2D eigenvalue weighted by molar-refractivity contribution is -0.134. The van der Waals surface area contributed by atoms with Crippen LogP contribution in [0.2, 0.25) is 0 Å². The van der Waals surface area contributed by atoms with Gasteiger partial charge in [-0.1, -0.05) is 0 Å². The fraction of sp³-hybridized carbons (Fsp3) is 0.769. The van der Waals surface area contributed by atoms with Crippen molar-refractivity contribution in [1.82, 2.24) is 25.0 Å². The standard InChI is InChI=1S/C13H23N5O2/c1-4-18-11(15-10-16-18)9-14-12(19)13(2,3)17-5-7-20-8-6-17/h10H,4-9H2,1-3H3,(H,14,19). The van der Waals surface area contributed by atoms with E-state index in [4.69, 9.17) is 4.74 Å². The average molecular weight is 281 g/mol. The fourth-order valence-electron chi connectivity index (χ4n) is 2.33. The molecule has 0 atom stereocenters. The minimum Gasteiger partial charge on any atom is -0.379 e. The van der Waals surface area contributed by atoms with E-state index in [2.05, 4.69) is 20.3 Å². The summed E-state index contributed by atoms with van der Waals surface area (Å²) >= 11 is 0. The number of rotatable bonds is 5. The number of carbonyl (C=O) groups excluding carboxylic acids is 1. The molecule has 1 aromatic heterocycles. The second-order valence-electron chi connectivity index (χ2n) is 5.33. The average Bonchev–Trinajstić information content (AvgIpc) is 2.93. The lowest BCUT2D eigenvalue weighted by atomic mass is 10.0. The van der Waals surface area contributed by atoms with Crippen molar-refractivity contribution in [2.24, 2.45) is 0 Å². The molecule has 1 aromatic rings. The van der Waals surface area contributed by atoms with Gasteiger partial charge in [0.25, 0.3) is 0 Å². The SMILES string of the molecule is CCn1ncnc1CNC(=O)C(C)(C)N1CCOCC1. The zero-order chi connectivity index (χ0) is 14.6. The minimum absolute atomic E-state index is 0.00468. The van der Waals surface area contributed by atoms with E-state index in [0.717, 1.165) is 25.5 Å². The van der Waals surface area contributed by atoms with E-state index >= 15 is 0 Å². The summed E-state index contributed by atoms with van der Waals surface area (Å²) in [5.41, 5.74) is -0.541. The molecule has 0 saturated carbocycles. The van der Waals surface area contributed by atoms with E-state index in [1.54, 1.807) is 4.68 Å². The third kappa shape index (κ3) is 3.16. The molecule has 1 N–H and O–H groups in total. The van der Waals surface area contributed by atoms with E-state index < -0.39 is 5.54 Å². The molecule has 0 aromatic carbocycles. The highest BCUT2D eigenvalue weighted by atomic mass is 16.5. The van der Waals surface area contributed by atoms with Gasteiger partial charge in [-0.2, -0.15) is 5.10 Å². The first-order valence-electron chi connectivity index (χ1n) is 7.03. The Morgan fingerprint density at radius 1 is 1.45 bits per heavy atom. The molecule has 1 amide bonds. The summed E-state index contributed by atoms with van der Waals surface area (Å²) in [6.45, 7) is 9.96. The maximum absolute atomic E-state index is 12.4. The van der Waals surface area contributed by atoms with Gasteiger partial charge in [0.1, 0.15) is 12.2 Å². The Morgan fingerprint density at radius 3 is 2.80 bits per heavy atom. The van der Waals surface area contributed by atoms with Gasteiger partial charge in [-0.25, -0.2) is 9.67 Å². The van der Waals surface area contributed by atoms with Crippen LogP contribution in [0.5, 0.6) is 0 Å². The smallest absolute Gasteiger partial charge is 0.240 e. The van der Waals surface area contributed by atoms with Crippen LogP contribution in [0.15, 0.2) is 6.33 Å². The molecule has 0 spiro atoms. The van der Waals surface area contributed by atoms with E-state index in [9.17, 15) is 4.79 Å². The summed E-state index contributed by atoms with van der Waals surface area (Å²) in [5.74, 6) is 0.781. The molecule has 0 bridgehead atoms. The van der Waals surface area contributed by atoms with Crippen LogP contribution in [0, 0.1) is 0 Å². The summed E-state index contributed by atoms with van der Waals surface area (Å²) in [6.07, 6.45) is 1.51. The van der Waals surface area contributed by atoms with Crippen LogP contribution in [0.4, 0.5) is 0 Å². The van der Waals surface area contributed by atoms with Gasteiger partial charge in [-0.15, -0.1) is 0 Å². The molecule has 1 fully saturated rings. The minimum atomic E-state index is -0.541. The van der Waals surface area contributed by atoms with Gasteiger partial charge in [-0.3, -0.25) is 9.69 Å². The molecule has 1 aliphatic heterocycles.